The van der Waals surface area contributed by atoms with E-state index in [1.54, 1.807) is 11.3 Å². The molecular formula is C16H20N2O2S. The normalized spacial score (nSPS) is 15.0. The Morgan fingerprint density at radius 3 is 2.71 bits per heavy atom. The number of thiazole rings is 1. The van der Waals surface area contributed by atoms with Crippen LogP contribution in [0.4, 0.5) is 0 Å². The summed E-state index contributed by atoms with van der Waals surface area (Å²) in [4.78, 5) is 5.80. The number of nitrogens with one attached hydrogen (secondary N) is 1. The lowest BCUT2D eigenvalue weighted by Crippen LogP contribution is -2.19. The maximum absolute atomic E-state index is 5.62. The van der Waals surface area contributed by atoms with Gasteiger partial charge in [-0.3, -0.25) is 0 Å². The third-order valence-corrected chi connectivity index (χ3v) is 4.81. The zero-order valence-corrected chi connectivity index (χ0v) is 13.4. The quantitative estimate of drug-likeness (QED) is 0.940. The lowest BCUT2D eigenvalue weighted by molar-refractivity contribution is 0.171. The van der Waals surface area contributed by atoms with Gasteiger partial charge in [-0.2, -0.15) is 0 Å². The summed E-state index contributed by atoms with van der Waals surface area (Å²) in [5.41, 5.74) is 2.32. The average molecular weight is 304 g/mol. The summed E-state index contributed by atoms with van der Waals surface area (Å²) in [6, 6.07) is 6.42. The fraction of sp³-hybridized carbons (Fsp3) is 0.438. The molecule has 4 nitrogen and oxygen atoms in total. The van der Waals surface area contributed by atoms with Crippen LogP contribution in [0.5, 0.6) is 11.5 Å². The van der Waals surface area contributed by atoms with Gasteiger partial charge in [0.25, 0.3) is 0 Å². The lowest BCUT2D eigenvalue weighted by atomic mass is 10.1. The van der Waals surface area contributed by atoms with Crippen LogP contribution < -0.4 is 14.8 Å². The number of hydrogen-bond acceptors (Lipinski definition) is 5. The van der Waals surface area contributed by atoms with Crippen molar-refractivity contribution in [3.05, 3.63) is 39.3 Å². The molecule has 1 N–H and O–H groups in total. The van der Waals surface area contributed by atoms with Crippen LogP contribution in [0.2, 0.25) is 0 Å². The van der Waals surface area contributed by atoms with Crippen molar-refractivity contribution in [2.75, 3.05) is 13.2 Å². The van der Waals surface area contributed by atoms with E-state index in [1.165, 1.54) is 10.4 Å². The molecule has 1 aliphatic heterocycles. The van der Waals surface area contributed by atoms with E-state index in [2.05, 4.69) is 43.2 Å². The standard InChI is InChI=1S/C16H20N2O2S/c1-10(16-11(2)18-12(3)21-16)17-9-13-4-5-14-15(8-13)20-7-6-19-14/h4-5,8,10,17H,6-7,9H2,1-3H3. The molecule has 0 radical (unpaired) electrons. The van der Waals surface area contributed by atoms with Crippen LogP contribution in [0.15, 0.2) is 18.2 Å². The van der Waals surface area contributed by atoms with Crippen molar-refractivity contribution in [1.29, 1.82) is 0 Å². The molecule has 0 amide bonds. The fourth-order valence-electron chi connectivity index (χ4n) is 2.51. The third kappa shape index (κ3) is 3.19. The first-order valence-corrected chi connectivity index (χ1v) is 8.01. The molecular weight excluding hydrogens is 284 g/mol. The molecule has 2 heterocycles. The topological polar surface area (TPSA) is 43.4 Å². The Balaban J connectivity index is 1.66. The molecule has 1 aromatic heterocycles. The highest BCUT2D eigenvalue weighted by Crippen LogP contribution is 2.31. The Hall–Kier alpha value is -1.59. The fourth-order valence-corrected chi connectivity index (χ4v) is 3.46. The van der Waals surface area contributed by atoms with E-state index in [9.17, 15) is 0 Å². The molecule has 0 saturated heterocycles. The van der Waals surface area contributed by atoms with Crippen molar-refractivity contribution in [3.8, 4) is 11.5 Å². The first-order chi connectivity index (χ1) is 10.1. The van der Waals surface area contributed by atoms with E-state index < -0.39 is 0 Å². The summed E-state index contributed by atoms with van der Waals surface area (Å²) in [6.07, 6.45) is 0. The minimum absolute atomic E-state index is 0.296. The SMILES string of the molecule is Cc1nc(C)c(C(C)NCc2ccc3c(c2)OCCO3)s1. The Morgan fingerprint density at radius 1 is 1.24 bits per heavy atom. The van der Waals surface area contributed by atoms with Gasteiger partial charge in [-0.05, 0) is 38.5 Å². The van der Waals surface area contributed by atoms with Gasteiger partial charge in [0.2, 0.25) is 0 Å². The van der Waals surface area contributed by atoms with Crippen LogP contribution in [0.3, 0.4) is 0 Å². The van der Waals surface area contributed by atoms with Crippen molar-refractivity contribution in [2.24, 2.45) is 0 Å². The molecule has 3 rings (SSSR count). The van der Waals surface area contributed by atoms with Gasteiger partial charge in [0, 0.05) is 17.5 Å². The predicted octanol–water partition coefficient (Wildman–Crippen LogP) is 3.38. The monoisotopic (exact) mass is 304 g/mol. The zero-order chi connectivity index (χ0) is 14.8. The Labute approximate surface area is 129 Å². The molecule has 21 heavy (non-hydrogen) atoms. The van der Waals surface area contributed by atoms with E-state index in [-0.39, 0.29) is 0 Å². The molecule has 2 aromatic rings. The highest BCUT2D eigenvalue weighted by molar-refractivity contribution is 7.11. The van der Waals surface area contributed by atoms with E-state index in [0.29, 0.717) is 19.3 Å². The Kier molecular flexibility index (Phi) is 4.12. The van der Waals surface area contributed by atoms with Crippen molar-refractivity contribution in [1.82, 2.24) is 10.3 Å². The molecule has 1 unspecified atom stereocenters. The third-order valence-electron chi connectivity index (χ3n) is 3.55. The molecule has 0 saturated carbocycles. The van der Waals surface area contributed by atoms with Crippen LogP contribution in [0.1, 0.15) is 34.1 Å². The number of aromatic nitrogens is 1. The summed E-state index contributed by atoms with van der Waals surface area (Å²) < 4.78 is 11.2. The van der Waals surface area contributed by atoms with Gasteiger partial charge in [-0.15, -0.1) is 11.3 Å². The number of ether oxygens (including phenoxy) is 2. The second kappa shape index (κ2) is 6.03. The predicted molar refractivity (Wildman–Crippen MR) is 84.3 cm³/mol. The van der Waals surface area contributed by atoms with Gasteiger partial charge >= 0.3 is 0 Å². The van der Waals surface area contributed by atoms with Crippen molar-refractivity contribution in [3.63, 3.8) is 0 Å². The molecule has 0 fully saturated rings. The van der Waals surface area contributed by atoms with E-state index in [1.807, 2.05) is 6.07 Å². The summed E-state index contributed by atoms with van der Waals surface area (Å²) in [6.45, 7) is 8.35. The van der Waals surface area contributed by atoms with Gasteiger partial charge in [0.15, 0.2) is 11.5 Å². The van der Waals surface area contributed by atoms with Gasteiger partial charge in [0.05, 0.1) is 10.7 Å². The smallest absolute Gasteiger partial charge is 0.161 e. The number of hydrogen-bond donors (Lipinski definition) is 1. The van der Waals surface area contributed by atoms with Gasteiger partial charge < -0.3 is 14.8 Å². The molecule has 5 heteroatoms. The second-order valence-corrected chi connectivity index (χ2v) is 6.50. The molecule has 1 atom stereocenters. The molecule has 0 spiro atoms. The van der Waals surface area contributed by atoms with Gasteiger partial charge in [-0.1, -0.05) is 6.07 Å². The first kappa shape index (κ1) is 14.4. The van der Waals surface area contributed by atoms with Gasteiger partial charge in [-0.25, -0.2) is 4.98 Å². The van der Waals surface area contributed by atoms with Gasteiger partial charge in [0.1, 0.15) is 13.2 Å². The molecule has 1 aliphatic rings. The van der Waals surface area contributed by atoms with Crippen molar-refractivity contribution >= 4 is 11.3 Å². The number of aryl methyl sites for hydroxylation is 2. The number of benzene rings is 1. The van der Waals surface area contributed by atoms with Crippen molar-refractivity contribution in [2.45, 2.75) is 33.4 Å². The Bertz CT molecular complexity index is 639. The van der Waals surface area contributed by atoms with E-state index >= 15 is 0 Å². The average Bonchev–Trinajstić information content (AvgIpc) is 2.83. The Morgan fingerprint density at radius 2 is 2.00 bits per heavy atom. The highest BCUT2D eigenvalue weighted by atomic mass is 32.1. The second-order valence-electron chi connectivity index (χ2n) is 5.26. The van der Waals surface area contributed by atoms with Crippen LogP contribution in [0, 0.1) is 13.8 Å². The van der Waals surface area contributed by atoms with Crippen LogP contribution in [0.25, 0.3) is 0 Å². The molecule has 1 aromatic carbocycles. The largest absolute Gasteiger partial charge is 0.486 e. The summed E-state index contributed by atoms with van der Waals surface area (Å²) in [5.74, 6) is 1.69. The summed E-state index contributed by atoms with van der Waals surface area (Å²) in [7, 11) is 0. The van der Waals surface area contributed by atoms with E-state index in [4.69, 9.17) is 9.47 Å². The summed E-state index contributed by atoms with van der Waals surface area (Å²) in [5, 5.41) is 4.67. The van der Waals surface area contributed by atoms with Crippen molar-refractivity contribution < 1.29 is 9.47 Å². The molecule has 0 aliphatic carbocycles. The highest BCUT2D eigenvalue weighted by Gasteiger charge is 2.14. The maximum atomic E-state index is 5.62. The first-order valence-electron chi connectivity index (χ1n) is 7.19. The van der Waals surface area contributed by atoms with Crippen LogP contribution in [-0.2, 0) is 6.54 Å². The zero-order valence-electron chi connectivity index (χ0n) is 12.6. The maximum Gasteiger partial charge on any atom is 0.161 e. The summed E-state index contributed by atoms with van der Waals surface area (Å²) >= 11 is 1.76. The lowest BCUT2D eigenvalue weighted by Gasteiger charge is -2.19. The van der Waals surface area contributed by atoms with Crippen LogP contribution >= 0.6 is 11.3 Å². The molecule has 112 valence electrons. The van der Waals surface area contributed by atoms with Crippen LogP contribution in [-0.4, -0.2) is 18.2 Å². The minimum Gasteiger partial charge on any atom is -0.486 e. The minimum atomic E-state index is 0.296. The number of nitrogens with zero attached hydrogens (tertiary/aromatic N) is 1. The number of rotatable bonds is 4. The van der Waals surface area contributed by atoms with E-state index in [0.717, 1.165) is 28.7 Å². The molecule has 0 bridgehead atoms. The number of fused-ring (bicyclic) bond motifs is 1.